The van der Waals surface area contributed by atoms with Crippen molar-refractivity contribution in [2.45, 2.75) is 13.0 Å². The predicted molar refractivity (Wildman–Crippen MR) is 110 cm³/mol. The maximum atomic E-state index is 12.7. The van der Waals surface area contributed by atoms with E-state index in [1.807, 2.05) is 59.8 Å². The van der Waals surface area contributed by atoms with Gasteiger partial charge in [-0.25, -0.2) is 0 Å². The second kappa shape index (κ2) is 8.85. The first-order valence-corrected chi connectivity index (χ1v) is 9.79. The molecule has 5 nitrogen and oxygen atoms in total. The normalized spacial score (nSPS) is 15.4. The van der Waals surface area contributed by atoms with Crippen LogP contribution in [0.25, 0.3) is 10.8 Å². The Kier molecular flexibility index (Phi) is 5.83. The molecule has 1 aliphatic rings. The lowest BCUT2D eigenvalue weighted by atomic mass is 10.1. The van der Waals surface area contributed by atoms with E-state index >= 15 is 0 Å². The molecule has 0 atom stereocenters. The number of hydrogen-bond donors (Lipinski definition) is 0. The zero-order valence-corrected chi connectivity index (χ0v) is 16.0. The van der Waals surface area contributed by atoms with Gasteiger partial charge >= 0.3 is 0 Å². The van der Waals surface area contributed by atoms with Crippen LogP contribution in [0.3, 0.4) is 0 Å². The van der Waals surface area contributed by atoms with Gasteiger partial charge in [0.05, 0.1) is 0 Å². The van der Waals surface area contributed by atoms with Crippen LogP contribution < -0.4 is 4.74 Å². The first-order valence-electron chi connectivity index (χ1n) is 9.79. The molecule has 1 aliphatic heterocycles. The Labute approximate surface area is 165 Å². The number of carbonyl (C=O) groups excluding carboxylic acids is 1. The van der Waals surface area contributed by atoms with Gasteiger partial charge < -0.3 is 9.64 Å². The Bertz CT molecular complexity index is 924. The van der Waals surface area contributed by atoms with E-state index < -0.39 is 0 Å². The number of rotatable bonds is 5. The van der Waals surface area contributed by atoms with Crippen LogP contribution in [0.4, 0.5) is 0 Å². The minimum absolute atomic E-state index is 0.0543. The standard InChI is InChI=1S/C23H25N3O2/c27-23(18-28-22-8-3-6-20-5-1-2-7-21(20)22)26-14-4-13-25(15-16-26)17-19-9-11-24-12-10-19/h1-3,5-12H,4,13-18H2. The molecule has 4 rings (SSSR count). The largest absolute Gasteiger partial charge is 0.483 e. The quantitative estimate of drug-likeness (QED) is 0.686. The van der Waals surface area contributed by atoms with Gasteiger partial charge in [-0.05, 0) is 35.6 Å². The van der Waals surface area contributed by atoms with Crippen LogP contribution in [-0.4, -0.2) is 53.5 Å². The van der Waals surface area contributed by atoms with Gasteiger partial charge in [0, 0.05) is 50.5 Å². The summed E-state index contributed by atoms with van der Waals surface area (Å²) >= 11 is 0. The molecule has 0 spiro atoms. The molecular formula is C23H25N3O2. The monoisotopic (exact) mass is 375 g/mol. The Hall–Kier alpha value is -2.92. The summed E-state index contributed by atoms with van der Waals surface area (Å²) in [6, 6.07) is 18.1. The van der Waals surface area contributed by atoms with Crippen molar-refractivity contribution < 1.29 is 9.53 Å². The molecule has 1 aromatic heterocycles. The van der Waals surface area contributed by atoms with Gasteiger partial charge in [0.15, 0.2) is 6.61 Å². The van der Waals surface area contributed by atoms with Crippen LogP contribution >= 0.6 is 0 Å². The summed E-state index contributed by atoms with van der Waals surface area (Å²) in [7, 11) is 0. The van der Waals surface area contributed by atoms with Crippen LogP contribution in [0.2, 0.25) is 0 Å². The zero-order chi connectivity index (χ0) is 19.2. The van der Waals surface area contributed by atoms with Crippen LogP contribution in [0.5, 0.6) is 5.75 Å². The minimum Gasteiger partial charge on any atom is -0.483 e. The van der Waals surface area contributed by atoms with Crippen LogP contribution in [0, 0.1) is 0 Å². The molecule has 2 heterocycles. The zero-order valence-electron chi connectivity index (χ0n) is 16.0. The summed E-state index contributed by atoms with van der Waals surface area (Å²) in [5, 5.41) is 2.16. The number of nitrogens with zero attached hydrogens (tertiary/aromatic N) is 3. The number of hydrogen-bond acceptors (Lipinski definition) is 4. The number of aromatic nitrogens is 1. The Morgan fingerprint density at radius 1 is 0.929 bits per heavy atom. The highest BCUT2D eigenvalue weighted by atomic mass is 16.5. The molecular weight excluding hydrogens is 350 g/mol. The molecule has 0 saturated carbocycles. The van der Waals surface area contributed by atoms with Gasteiger partial charge in [-0.3, -0.25) is 14.7 Å². The van der Waals surface area contributed by atoms with E-state index in [-0.39, 0.29) is 12.5 Å². The molecule has 0 N–H and O–H groups in total. The number of benzene rings is 2. The molecule has 0 unspecified atom stereocenters. The van der Waals surface area contributed by atoms with Crippen molar-refractivity contribution in [1.82, 2.24) is 14.8 Å². The van der Waals surface area contributed by atoms with Gasteiger partial charge in [-0.15, -0.1) is 0 Å². The van der Waals surface area contributed by atoms with E-state index in [0.29, 0.717) is 0 Å². The lowest BCUT2D eigenvalue weighted by molar-refractivity contribution is -0.133. The van der Waals surface area contributed by atoms with Crippen LogP contribution in [-0.2, 0) is 11.3 Å². The number of carbonyl (C=O) groups is 1. The Balaban J connectivity index is 1.32. The van der Waals surface area contributed by atoms with E-state index in [0.717, 1.165) is 55.7 Å². The highest BCUT2D eigenvalue weighted by molar-refractivity contribution is 5.88. The van der Waals surface area contributed by atoms with Gasteiger partial charge in [-0.1, -0.05) is 36.4 Å². The van der Waals surface area contributed by atoms with Gasteiger partial charge in [0.1, 0.15) is 5.75 Å². The van der Waals surface area contributed by atoms with E-state index in [1.54, 1.807) is 0 Å². The molecule has 0 bridgehead atoms. The average molecular weight is 375 g/mol. The second-order valence-electron chi connectivity index (χ2n) is 7.13. The summed E-state index contributed by atoms with van der Waals surface area (Å²) < 4.78 is 5.89. The molecule has 0 radical (unpaired) electrons. The highest BCUT2D eigenvalue weighted by Gasteiger charge is 2.19. The van der Waals surface area contributed by atoms with Crippen molar-refractivity contribution in [2.24, 2.45) is 0 Å². The summed E-state index contributed by atoms with van der Waals surface area (Å²) in [6.07, 6.45) is 4.63. The third kappa shape index (κ3) is 4.49. The number of pyridine rings is 1. The third-order valence-corrected chi connectivity index (χ3v) is 5.20. The average Bonchev–Trinajstić information content (AvgIpc) is 2.98. The van der Waals surface area contributed by atoms with Crippen LogP contribution in [0.1, 0.15) is 12.0 Å². The fourth-order valence-corrected chi connectivity index (χ4v) is 3.68. The molecule has 2 aromatic carbocycles. The summed E-state index contributed by atoms with van der Waals surface area (Å²) in [4.78, 5) is 21.1. The van der Waals surface area contributed by atoms with Crippen molar-refractivity contribution in [3.8, 4) is 5.75 Å². The molecule has 1 fully saturated rings. The Morgan fingerprint density at radius 2 is 1.75 bits per heavy atom. The number of amides is 1. The van der Waals surface area contributed by atoms with E-state index in [1.165, 1.54) is 5.56 Å². The lowest BCUT2D eigenvalue weighted by Crippen LogP contribution is -2.38. The lowest BCUT2D eigenvalue weighted by Gasteiger charge is -2.22. The fraction of sp³-hybridized carbons (Fsp3) is 0.304. The smallest absolute Gasteiger partial charge is 0.260 e. The Morgan fingerprint density at radius 3 is 2.64 bits per heavy atom. The second-order valence-corrected chi connectivity index (χ2v) is 7.13. The maximum absolute atomic E-state index is 12.7. The fourth-order valence-electron chi connectivity index (χ4n) is 3.68. The van der Waals surface area contributed by atoms with E-state index in [9.17, 15) is 4.79 Å². The first-order chi connectivity index (χ1) is 13.8. The molecule has 28 heavy (non-hydrogen) atoms. The molecule has 0 aliphatic carbocycles. The SMILES string of the molecule is O=C(COc1cccc2ccccc12)N1CCCN(Cc2ccncc2)CC1. The van der Waals surface area contributed by atoms with Crippen molar-refractivity contribution in [3.63, 3.8) is 0 Å². The van der Waals surface area contributed by atoms with Gasteiger partial charge in [0.2, 0.25) is 0 Å². The molecule has 5 heteroatoms. The van der Waals surface area contributed by atoms with E-state index in [2.05, 4.69) is 22.0 Å². The molecule has 3 aromatic rings. The maximum Gasteiger partial charge on any atom is 0.260 e. The van der Waals surface area contributed by atoms with Gasteiger partial charge in [-0.2, -0.15) is 0 Å². The number of ether oxygens (including phenoxy) is 1. The van der Waals surface area contributed by atoms with Crippen molar-refractivity contribution in [1.29, 1.82) is 0 Å². The van der Waals surface area contributed by atoms with Gasteiger partial charge in [0.25, 0.3) is 5.91 Å². The van der Waals surface area contributed by atoms with E-state index in [4.69, 9.17) is 4.74 Å². The summed E-state index contributed by atoms with van der Waals surface area (Å²) in [6.45, 7) is 4.38. The summed E-state index contributed by atoms with van der Waals surface area (Å²) in [5.74, 6) is 0.819. The van der Waals surface area contributed by atoms with Crippen molar-refractivity contribution >= 4 is 16.7 Å². The van der Waals surface area contributed by atoms with Crippen molar-refractivity contribution in [2.75, 3.05) is 32.8 Å². The highest BCUT2D eigenvalue weighted by Crippen LogP contribution is 2.25. The molecule has 1 amide bonds. The predicted octanol–water partition coefficient (Wildman–Crippen LogP) is 3.35. The topological polar surface area (TPSA) is 45.7 Å². The van der Waals surface area contributed by atoms with Crippen LogP contribution in [0.15, 0.2) is 67.0 Å². The van der Waals surface area contributed by atoms with Crippen molar-refractivity contribution in [3.05, 3.63) is 72.6 Å². The first kappa shape index (κ1) is 18.4. The minimum atomic E-state index is 0.0543. The molecule has 144 valence electrons. The third-order valence-electron chi connectivity index (χ3n) is 5.20. The summed E-state index contributed by atoms with van der Waals surface area (Å²) in [5.41, 5.74) is 1.26. The number of fused-ring (bicyclic) bond motifs is 1. The molecule has 1 saturated heterocycles.